The Bertz CT molecular complexity index is 1080. The van der Waals surface area contributed by atoms with Crippen molar-refractivity contribution in [2.24, 2.45) is 5.10 Å². The molecule has 0 saturated carbocycles. The Balaban J connectivity index is 1.71. The molecule has 0 radical (unpaired) electrons. The number of hydrogen-bond acceptors (Lipinski definition) is 5. The second-order valence-corrected chi connectivity index (χ2v) is 7.69. The van der Waals surface area contributed by atoms with Gasteiger partial charge in [0, 0.05) is 33.6 Å². The van der Waals surface area contributed by atoms with Gasteiger partial charge in [-0.05, 0) is 57.9 Å². The van der Waals surface area contributed by atoms with Gasteiger partial charge in [0.1, 0.15) is 6.61 Å². The average Bonchev–Trinajstić information content (AvgIpc) is 2.74. The molecule has 1 N–H and O–H groups in total. The molecule has 9 heteroatoms. The van der Waals surface area contributed by atoms with Crippen molar-refractivity contribution in [2.75, 3.05) is 7.11 Å². The van der Waals surface area contributed by atoms with Crippen LogP contribution in [0.4, 0.5) is 0 Å². The zero-order valence-corrected chi connectivity index (χ0v) is 18.8. The third-order valence-corrected chi connectivity index (χ3v) is 5.14. The largest absolute Gasteiger partial charge is 0.493 e. The van der Waals surface area contributed by atoms with Gasteiger partial charge >= 0.3 is 0 Å². The lowest BCUT2D eigenvalue weighted by Gasteiger charge is -2.14. The quantitative estimate of drug-likeness (QED) is 0.337. The normalized spacial score (nSPS) is 10.8. The first kappa shape index (κ1) is 22.1. The number of carbonyl (C=O) groups is 1. The van der Waals surface area contributed by atoms with Crippen LogP contribution in [0.25, 0.3) is 0 Å². The fourth-order valence-electron chi connectivity index (χ4n) is 2.48. The lowest BCUT2D eigenvalue weighted by Crippen LogP contribution is -2.17. The molecule has 1 amide bonds. The molecular weight excluding hydrogens is 493 g/mol. The second-order valence-electron chi connectivity index (χ2n) is 5.99. The topological polar surface area (TPSA) is 72.8 Å². The van der Waals surface area contributed by atoms with Crippen molar-refractivity contribution < 1.29 is 14.3 Å². The molecule has 1 aromatic heterocycles. The Labute approximate surface area is 192 Å². The summed E-state index contributed by atoms with van der Waals surface area (Å²) in [4.78, 5) is 15.9. The van der Waals surface area contributed by atoms with Crippen molar-refractivity contribution in [3.63, 3.8) is 0 Å². The molecule has 6 nitrogen and oxygen atoms in total. The Morgan fingerprint density at radius 2 is 1.97 bits per heavy atom. The number of rotatable bonds is 7. The van der Waals surface area contributed by atoms with Crippen LogP contribution in [-0.4, -0.2) is 24.2 Å². The third kappa shape index (κ3) is 5.72. The van der Waals surface area contributed by atoms with Gasteiger partial charge in [-0.15, -0.1) is 0 Å². The lowest BCUT2D eigenvalue weighted by atomic mass is 10.2. The van der Waals surface area contributed by atoms with Crippen molar-refractivity contribution in [3.05, 3.63) is 86.1 Å². The molecule has 0 aliphatic rings. The number of nitrogens with one attached hydrogen (secondary N) is 1. The van der Waals surface area contributed by atoms with Gasteiger partial charge in [-0.2, -0.15) is 5.10 Å². The van der Waals surface area contributed by atoms with E-state index in [9.17, 15) is 4.79 Å². The van der Waals surface area contributed by atoms with Crippen LogP contribution in [0, 0.1) is 0 Å². The smallest absolute Gasteiger partial charge is 0.271 e. The highest BCUT2D eigenvalue weighted by atomic mass is 79.9. The molecule has 0 fully saturated rings. The molecule has 0 unspecified atom stereocenters. The predicted octanol–water partition coefficient (Wildman–Crippen LogP) is 5.50. The zero-order valence-electron chi connectivity index (χ0n) is 15.7. The summed E-state index contributed by atoms with van der Waals surface area (Å²) in [7, 11) is 1.54. The van der Waals surface area contributed by atoms with Crippen LogP contribution in [0.1, 0.15) is 21.5 Å². The van der Waals surface area contributed by atoms with Gasteiger partial charge in [0.2, 0.25) is 0 Å². The minimum atomic E-state index is -0.334. The second kappa shape index (κ2) is 10.4. The number of ether oxygens (including phenoxy) is 2. The van der Waals surface area contributed by atoms with Crippen LogP contribution >= 0.6 is 39.1 Å². The fourth-order valence-corrected chi connectivity index (χ4v) is 3.51. The van der Waals surface area contributed by atoms with Crippen molar-refractivity contribution in [3.8, 4) is 11.5 Å². The predicted molar refractivity (Wildman–Crippen MR) is 121 cm³/mol. The number of halogens is 3. The van der Waals surface area contributed by atoms with Crippen LogP contribution in [0.5, 0.6) is 11.5 Å². The van der Waals surface area contributed by atoms with E-state index in [4.69, 9.17) is 32.7 Å². The summed E-state index contributed by atoms with van der Waals surface area (Å²) in [6.45, 7) is 0.236. The molecule has 3 rings (SSSR count). The third-order valence-electron chi connectivity index (χ3n) is 3.96. The van der Waals surface area contributed by atoms with E-state index in [0.717, 1.165) is 5.56 Å². The maximum atomic E-state index is 12.0. The van der Waals surface area contributed by atoms with Gasteiger partial charge in [-0.1, -0.05) is 29.3 Å². The molecule has 0 bridgehead atoms. The van der Waals surface area contributed by atoms with Crippen LogP contribution in [0.15, 0.2) is 64.4 Å². The average molecular weight is 509 g/mol. The maximum Gasteiger partial charge on any atom is 0.271 e. The first-order valence-corrected chi connectivity index (χ1v) is 10.2. The molecular formula is C21H16BrCl2N3O3. The highest BCUT2D eigenvalue weighted by molar-refractivity contribution is 9.10. The summed E-state index contributed by atoms with van der Waals surface area (Å²) >= 11 is 15.6. The minimum absolute atomic E-state index is 0.236. The van der Waals surface area contributed by atoms with E-state index in [1.165, 1.54) is 25.7 Å². The first-order chi connectivity index (χ1) is 14.5. The van der Waals surface area contributed by atoms with Gasteiger partial charge in [-0.3, -0.25) is 9.78 Å². The monoisotopic (exact) mass is 507 g/mol. The number of methoxy groups -OCH3 is 1. The number of hydrogen-bond donors (Lipinski definition) is 1. The number of carbonyl (C=O) groups excluding carboxylic acids is 1. The maximum absolute atomic E-state index is 12.0. The van der Waals surface area contributed by atoms with Crippen LogP contribution in [0.3, 0.4) is 0 Å². The number of hydrazone groups is 1. The summed E-state index contributed by atoms with van der Waals surface area (Å²) in [5.74, 6) is 0.678. The molecule has 3 aromatic rings. The molecule has 0 saturated heterocycles. The Morgan fingerprint density at radius 3 is 2.67 bits per heavy atom. The highest BCUT2D eigenvalue weighted by Crippen LogP contribution is 2.37. The van der Waals surface area contributed by atoms with Crippen LogP contribution in [0.2, 0.25) is 10.0 Å². The van der Waals surface area contributed by atoms with Crippen molar-refractivity contribution in [1.82, 2.24) is 10.4 Å². The molecule has 0 spiro atoms. The van der Waals surface area contributed by atoms with E-state index in [2.05, 4.69) is 31.4 Å². The van der Waals surface area contributed by atoms with Crippen molar-refractivity contribution >= 4 is 51.3 Å². The van der Waals surface area contributed by atoms with E-state index in [-0.39, 0.29) is 12.5 Å². The summed E-state index contributed by atoms with van der Waals surface area (Å²) in [6, 6.07) is 12.0. The van der Waals surface area contributed by atoms with E-state index in [1.54, 1.807) is 42.5 Å². The SMILES string of the molecule is COc1cc(/C=N\NC(=O)c2ccncc2)cc(Br)c1OCc1ccc(Cl)cc1Cl. The molecule has 2 aromatic carbocycles. The Kier molecular flexibility index (Phi) is 7.68. The van der Waals surface area contributed by atoms with E-state index < -0.39 is 0 Å². The molecule has 154 valence electrons. The summed E-state index contributed by atoms with van der Waals surface area (Å²) in [6.07, 6.45) is 4.58. The molecule has 1 heterocycles. The number of nitrogens with zero attached hydrogens (tertiary/aromatic N) is 2. The number of aromatic nitrogens is 1. The van der Waals surface area contributed by atoms with E-state index >= 15 is 0 Å². The standard InChI is InChI=1S/C21H16BrCl2N3O3/c1-29-19-9-13(11-26-27-21(28)14-4-6-25-7-5-14)8-17(22)20(19)30-12-15-2-3-16(23)10-18(15)24/h2-11H,12H2,1H3,(H,27,28)/b26-11-. The lowest BCUT2D eigenvalue weighted by molar-refractivity contribution is 0.0955. The first-order valence-electron chi connectivity index (χ1n) is 8.65. The highest BCUT2D eigenvalue weighted by Gasteiger charge is 2.13. The van der Waals surface area contributed by atoms with Gasteiger partial charge in [0.05, 0.1) is 17.8 Å². The number of amides is 1. The fraction of sp³-hybridized carbons (Fsp3) is 0.0952. The number of pyridine rings is 1. The van der Waals surface area contributed by atoms with Gasteiger partial charge < -0.3 is 9.47 Å². The van der Waals surface area contributed by atoms with Gasteiger partial charge in [0.15, 0.2) is 11.5 Å². The Hall–Kier alpha value is -2.61. The Morgan fingerprint density at radius 1 is 1.20 bits per heavy atom. The van der Waals surface area contributed by atoms with Crippen LogP contribution < -0.4 is 14.9 Å². The minimum Gasteiger partial charge on any atom is -0.493 e. The number of benzene rings is 2. The molecule has 0 atom stereocenters. The van der Waals surface area contributed by atoms with Gasteiger partial charge in [0.25, 0.3) is 5.91 Å². The molecule has 30 heavy (non-hydrogen) atoms. The summed E-state index contributed by atoms with van der Waals surface area (Å²) in [5.41, 5.74) is 4.42. The van der Waals surface area contributed by atoms with Gasteiger partial charge in [-0.25, -0.2) is 5.43 Å². The summed E-state index contributed by atoms with van der Waals surface area (Å²) < 4.78 is 12.0. The van der Waals surface area contributed by atoms with Crippen LogP contribution in [-0.2, 0) is 6.61 Å². The molecule has 0 aliphatic carbocycles. The molecule has 0 aliphatic heterocycles. The van der Waals surface area contributed by atoms with Crippen molar-refractivity contribution in [1.29, 1.82) is 0 Å². The van der Waals surface area contributed by atoms with E-state index in [1.807, 2.05) is 0 Å². The summed E-state index contributed by atoms with van der Waals surface area (Å²) in [5, 5.41) is 5.06. The van der Waals surface area contributed by atoms with E-state index in [0.29, 0.717) is 37.1 Å². The van der Waals surface area contributed by atoms with Crippen molar-refractivity contribution in [2.45, 2.75) is 6.61 Å². The zero-order chi connectivity index (χ0) is 21.5.